The average molecular weight is 402 g/mol. The summed E-state index contributed by atoms with van der Waals surface area (Å²) in [7, 11) is 2.93. The molecule has 4 rings (SSSR count). The van der Waals surface area contributed by atoms with Crippen LogP contribution in [0.2, 0.25) is 0 Å². The summed E-state index contributed by atoms with van der Waals surface area (Å²) in [6, 6.07) is 2.86. The Balaban J connectivity index is 1.61. The summed E-state index contributed by atoms with van der Waals surface area (Å²) in [5.41, 5.74) is 0.751. The quantitative estimate of drug-likeness (QED) is 0.760. The molecule has 2 heterocycles. The van der Waals surface area contributed by atoms with E-state index in [9.17, 15) is 14.4 Å². The summed E-state index contributed by atoms with van der Waals surface area (Å²) in [5.74, 6) is -0.288. The molecule has 156 valence electrons. The molecule has 1 aromatic rings. The van der Waals surface area contributed by atoms with E-state index in [1.807, 2.05) is 0 Å². The van der Waals surface area contributed by atoms with E-state index in [0.717, 1.165) is 25.7 Å². The van der Waals surface area contributed by atoms with Gasteiger partial charge in [0.25, 0.3) is 0 Å². The number of fused-ring (bicyclic) bond motifs is 1. The first-order valence-electron chi connectivity index (χ1n) is 10.1. The number of hydrogen-bond acceptors (Lipinski definition) is 6. The van der Waals surface area contributed by atoms with Gasteiger partial charge in [-0.15, -0.1) is 0 Å². The van der Waals surface area contributed by atoms with E-state index in [2.05, 4.69) is 5.32 Å². The summed E-state index contributed by atoms with van der Waals surface area (Å²) < 4.78 is 16.2. The number of carbonyl (C=O) groups is 3. The molecular weight excluding hydrogens is 376 g/mol. The monoisotopic (exact) mass is 402 g/mol. The van der Waals surface area contributed by atoms with Gasteiger partial charge >= 0.3 is 5.97 Å². The minimum absolute atomic E-state index is 0.150. The van der Waals surface area contributed by atoms with E-state index in [0.29, 0.717) is 17.7 Å². The molecule has 1 aliphatic carbocycles. The number of nitrogens with one attached hydrogen (secondary N) is 1. The summed E-state index contributed by atoms with van der Waals surface area (Å²) in [5, 5.41) is 3.09. The summed E-state index contributed by atoms with van der Waals surface area (Å²) in [4.78, 5) is 39.6. The van der Waals surface area contributed by atoms with E-state index >= 15 is 0 Å². The van der Waals surface area contributed by atoms with E-state index in [4.69, 9.17) is 14.2 Å². The van der Waals surface area contributed by atoms with E-state index in [1.54, 1.807) is 12.1 Å². The standard InChI is InChI=1S/C21H26N2O6/c1-27-15-10-8-13-17(18(15)28-2)21(26)29-20(13)23-14(9-11-16(23)24)19(25)22-12-6-4-3-5-7-12/h8,10,12,14,20H,3-7,9,11H2,1-2H3,(H,22,25)/t14-,20-/m1/s1. The van der Waals surface area contributed by atoms with Crippen molar-refractivity contribution in [1.29, 1.82) is 0 Å². The Labute approximate surface area is 169 Å². The van der Waals surface area contributed by atoms with Crippen molar-refractivity contribution in [2.45, 2.75) is 63.3 Å². The van der Waals surface area contributed by atoms with E-state index in [1.165, 1.54) is 25.5 Å². The Kier molecular flexibility index (Phi) is 5.34. The number of benzene rings is 1. The number of esters is 1. The molecule has 1 saturated carbocycles. The zero-order valence-electron chi connectivity index (χ0n) is 16.7. The van der Waals surface area contributed by atoms with Gasteiger partial charge in [-0.25, -0.2) is 4.79 Å². The molecule has 2 atom stereocenters. The Morgan fingerprint density at radius 3 is 2.55 bits per heavy atom. The average Bonchev–Trinajstić information content (AvgIpc) is 3.27. The molecule has 29 heavy (non-hydrogen) atoms. The van der Waals surface area contributed by atoms with Gasteiger partial charge < -0.3 is 19.5 Å². The zero-order valence-corrected chi connectivity index (χ0v) is 16.7. The van der Waals surface area contributed by atoms with Gasteiger partial charge in [-0.2, -0.15) is 0 Å². The Morgan fingerprint density at radius 2 is 1.86 bits per heavy atom. The Bertz CT molecular complexity index is 833. The second kappa shape index (κ2) is 7.93. The number of nitrogens with zero attached hydrogens (tertiary/aromatic N) is 1. The third-order valence-electron chi connectivity index (χ3n) is 6.03. The van der Waals surface area contributed by atoms with E-state index < -0.39 is 18.2 Å². The van der Waals surface area contributed by atoms with Gasteiger partial charge in [-0.1, -0.05) is 19.3 Å². The maximum absolute atomic E-state index is 13.0. The zero-order chi connectivity index (χ0) is 20.5. The number of methoxy groups -OCH3 is 2. The Hall–Kier alpha value is -2.77. The fourth-order valence-electron chi connectivity index (χ4n) is 4.59. The fraction of sp³-hybridized carbons (Fsp3) is 0.571. The SMILES string of the molecule is COc1ccc2c(c1OC)C(=O)O[C@H]2N1C(=O)CC[C@@H]1C(=O)NC1CCCCC1. The molecule has 0 bridgehead atoms. The van der Waals surface area contributed by atoms with Crippen LogP contribution in [-0.2, 0) is 14.3 Å². The number of ether oxygens (including phenoxy) is 3. The lowest BCUT2D eigenvalue weighted by Crippen LogP contribution is -2.49. The summed E-state index contributed by atoms with van der Waals surface area (Å²) in [6.45, 7) is 0. The molecule has 0 aromatic heterocycles. The third kappa shape index (κ3) is 3.41. The number of rotatable bonds is 5. The van der Waals surface area contributed by atoms with Crippen molar-refractivity contribution in [2.75, 3.05) is 14.2 Å². The number of amides is 2. The predicted octanol–water partition coefficient (Wildman–Crippen LogP) is 2.31. The maximum atomic E-state index is 13.0. The van der Waals surface area contributed by atoms with Crippen LogP contribution in [0, 0.1) is 0 Å². The van der Waals surface area contributed by atoms with Crippen molar-refractivity contribution in [2.24, 2.45) is 0 Å². The van der Waals surface area contributed by atoms with Crippen LogP contribution < -0.4 is 14.8 Å². The van der Waals surface area contributed by atoms with Crippen LogP contribution in [-0.4, -0.2) is 49.0 Å². The van der Waals surface area contributed by atoms with Crippen molar-refractivity contribution in [3.63, 3.8) is 0 Å². The van der Waals surface area contributed by atoms with Crippen LogP contribution >= 0.6 is 0 Å². The van der Waals surface area contributed by atoms with Crippen molar-refractivity contribution in [3.05, 3.63) is 23.3 Å². The lowest BCUT2D eigenvalue weighted by molar-refractivity contribution is -0.146. The Morgan fingerprint density at radius 1 is 1.10 bits per heavy atom. The second-order valence-corrected chi connectivity index (χ2v) is 7.72. The van der Waals surface area contributed by atoms with E-state index in [-0.39, 0.29) is 35.6 Å². The van der Waals surface area contributed by atoms with Gasteiger partial charge in [-0.3, -0.25) is 14.5 Å². The maximum Gasteiger partial charge on any atom is 0.344 e. The lowest BCUT2D eigenvalue weighted by atomic mass is 9.95. The molecule has 2 amide bonds. The van der Waals surface area contributed by atoms with Crippen molar-refractivity contribution >= 4 is 17.8 Å². The van der Waals surface area contributed by atoms with Crippen LogP contribution in [0.15, 0.2) is 12.1 Å². The minimum Gasteiger partial charge on any atom is -0.493 e. The molecule has 0 unspecified atom stereocenters. The topological polar surface area (TPSA) is 94.2 Å². The number of cyclic esters (lactones) is 1. The lowest BCUT2D eigenvalue weighted by Gasteiger charge is -2.31. The van der Waals surface area contributed by atoms with Crippen LogP contribution in [0.1, 0.15) is 67.1 Å². The van der Waals surface area contributed by atoms with Gasteiger partial charge in [0.2, 0.25) is 18.0 Å². The van der Waals surface area contributed by atoms with Gasteiger partial charge in [0.1, 0.15) is 11.6 Å². The highest BCUT2D eigenvalue weighted by atomic mass is 16.6. The smallest absolute Gasteiger partial charge is 0.344 e. The third-order valence-corrected chi connectivity index (χ3v) is 6.03. The molecule has 1 saturated heterocycles. The second-order valence-electron chi connectivity index (χ2n) is 7.72. The van der Waals surface area contributed by atoms with Crippen LogP contribution in [0.25, 0.3) is 0 Å². The molecule has 2 aliphatic heterocycles. The normalized spacial score (nSPS) is 24.3. The molecule has 0 spiro atoms. The number of likely N-dealkylation sites (tertiary alicyclic amines) is 1. The first-order chi connectivity index (χ1) is 14.0. The minimum atomic E-state index is -0.936. The van der Waals surface area contributed by atoms with Gasteiger partial charge in [0, 0.05) is 18.0 Å². The predicted molar refractivity (Wildman–Crippen MR) is 103 cm³/mol. The van der Waals surface area contributed by atoms with Gasteiger partial charge in [0.15, 0.2) is 11.5 Å². The number of carbonyl (C=O) groups excluding carboxylic acids is 3. The molecule has 1 aromatic carbocycles. The summed E-state index contributed by atoms with van der Waals surface area (Å²) in [6.07, 6.45) is 5.05. The molecule has 2 fully saturated rings. The van der Waals surface area contributed by atoms with Gasteiger partial charge in [0.05, 0.1) is 14.2 Å². The largest absolute Gasteiger partial charge is 0.493 e. The first-order valence-corrected chi connectivity index (χ1v) is 10.1. The molecule has 3 aliphatic rings. The summed E-state index contributed by atoms with van der Waals surface area (Å²) >= 11 is 0. The first kappa shape index (κ1) is 19.5. The van der Waals surface area contributed by atoms with Crippen molar-refractivity contribution in [3.8, 4) is 11.5 Å². The molecule has 0 radical (unpaired) electrons. The van der Waals surface area contributed by atoms with Crippen LogP contribution in [0.3, 0.4) is 0 Å². The molecular formula is C21H26N2O6. The van der Waals surface area contributed by atoms with Crippen molar-refractivity contribution < 1.29 is 28.6 Å². The van der Waals surface area contributed by atoms with Crippen molar-refractivity contribution in [1.82, 2.24) is 10.2 Å². The number of hydrogen-bond donors (Lipinski definition) is 1. The molecule has 8 nitrogen and oxygen atoms in total. The fourth-order valence-corrected chi connectivity index (χ4v) is 4.59. The highest BCUT2D eigenvalue weighted by molar-refractivity contribution is 5.99. The molecule has 8 heteroatoms. The highest BCUT2D eigenvalue weighted by Gasteiger charge is 2.48. The highest BCUT2D eigenvalue weighted by Crippen LogP contribution is 2.45. The van der Waals surface area contributed by atoms with Crippen LogP contribution in [0.5, 0.6) is 11.5 Å². The molecule has 1 N–H and O–H groups in total. The van der Waals surface area contributed by atoms with Crippen LogP contribution in [0.4, 0.5) is 0 Å². The van der Waals surface area contributed by atoms with Gasteiger partial charge in [-0.05, 0) is 31.4 Å².